The minimum absolute atomic E-state index is 0.210. The third kappa shape index (κ3) is 3.74. The van der Waals surface area contributed by atoms with Gasteiger partial charge in [0.2, 0.25) is 0 Å². The number of benzene rings is 1. The minimum Gasteiger partial charge on any atom is -0.391 e. The number of rotatable bonds is 5. The van der Waals surface area contributed by atoms with E-state index in [0.717, 1.165) is 63.5 Å². The van der Waals surface area contributed by atoms with Gasteiger partial charge in [-0.2, -0.15) is 0 Å². The van der Waals surface area contributed by atoms with Crippen LogP contribution < -0.4 is 0 Å². The van der Waals surface area contributed by atoms with Gasteiger partial charge in [-0.05, 0) is 12.0 Å². The first-order valence-corrected chi connectivity index (χ1v) is 9.20. The van der Waals surface area contributed by atoms with Crippen molar-refractivity contribution >= 4 is 5.71 Å². The first kappa shape index (κ1) is 16.3. The van der Waals surface area contributed by atoms with Gasteiger partial charge in [-0.15, -0.1) is 10.2 Å². The van der Waals surface area contributed by atoms with Crippen molar-refractivity contribution in [3.63, 3.8) is 0 Å². The van der Waals surface area contributed by atoms with Crippen molar-refractivity contribution in [1.82, 2.24) is 19.7 Å². The molecule has 2 aromatic rings. The van der Waals surface area contributed by atoms with Crippen LogP contribution in [0.3, 0.4) is 0 Å². The summed E-state index contributed by atoms with van der Waals surface area (Å²) in [5.41, 5.74) is 2.46. The van der Waals surface area contributed by atoms with E-state index in [2.05, 4.69) is 56.0 Å². The van der Waals surface area contributed by atoms with Gasteiger partial charge >= 0.3 is 0 Å². The van der Waals surface area contributed by atoms with E-state index in [-0.39, 0.29) is 6.10 Å². The van der Waals surface area contributed by atoms with Crippen LogP contribution in [0.2, 0.25) is 0 Å². The van der Waals surface area contributed by atoms with E-state index in [1.54, 1.807) is 0 Å². The van der Waals surface area contributed by atoms with Crippen molar-refractivity contribution in [3.05, 3.63) is 47.5 Å². The molecule has 0 saturated carbocycles. The topological polar surface area (TPSA) is 55.5 Å². The molecular formula is C19H25N5O. The molecule has 0 bridgehead atoms. The molecule has 6 heteroatoms. The molecule has 3 heterocycles. The lowest BCUT2D eigenvalue weighted by Crippen LogP contribution is -2.35. The van der Waals surface area contributed by atoms with Crippen LogP contribution in [-0.2, 0) is 24.2 Å². The minimum atomic E-state index is 0.210. The summed E-state index contributed by atoms with van der Waals surface area (Å²) in [4.78, 5) is 8.04. The Kier molecular flexibility index (Phi) is 4.78. The molecule has 0 unspecified atom stereocenters. The molecule has 25 heavy (non-hydrogen) atoms. The summed E-state index contributed by atoms with van der Waals surface area (Å²) in [6, 6.07) is 10.5. The van der Waals surface area contributed by atoms with Crippen molar-refractivity contribution in [3.8, 4) is 0 Å². The van der Waals surface area contributed by atoms with Crippen LogP contribution in [0.4, 0.5) is 0 Å². The molecule has 1 aromatic carbocycles. The smallest absolute Gasteiger partial charge is 0.145 e. The Bertz CT molecular complexity index is 740. The number of fused-ring (bicyclic) bond motifs is 1. The van der Waals surface area contributed by atoms with E-state index in [9.17, 15) is 0 Å². The Morgan fingerprint density at radius 2 is 2.00 bits per heavy atom. The van der Waals surface area contributed by atoms with Crippen LogP contribution in [0.5, 0.6) is 0 Å². The molecule has 0 fully saturated rings. The monoisotopic (exact) mass is 339 g/mol. The normalized spacial score (nSPS) is 20.7. The fourth-order valence-corrected chi connectivity index (χ4v) is 3.60. The molecule has 1 atom stereocenters. The molecule has 6 nitrogen and oxygen atoms in total. The van der Waals surface area contributed by atoms with Gasteiger partial charge in [0.1, 0.15) is 17.8 Å². The Hall–Kier alpha value is -2.21. The molecule has 0 radical (unpaired) electrons. The van der Waals surface area contributed by atoms with Crippen molar-refractivity contribution in [2.75, 3.05) is 19.6 Å². The predicted molar refractivity (Wildman–Crippen MR) is 96.6 cm³/mol. The number of hydrogen-bond donors (Lipinski definition) is 0. The number of hydrogen-bond acceptors (Lipinski definition) is 5. The van der Waals surface area contributed by atoms with Crippen molar-refractivity contribution in [2.45, 2.75) is 45.3 Å². The maximum Gasteiger partial charge on any atom is 0.145 e. The van der Waals surface area contributed by atoms with Crippen LogP contribution in [0, 0.1) is 0 Å². The SMILES string of the molecule is CCC1=NO[C@@H](CN2CCc3nnc(Cc4ccccc4)n3CC2)C1. The molecule has 2 aliphatic heterocycles. The summed E-state index contributed by atoms with van der Waals surface area (Å²) in [7, 11) is 0. The summed E-state index contributed by atoms with van der Waals surface area (Å²) in [5, 5.41) is 13.0. The predicted octanol–water partition coefficient (Wildman–Crippen LogP) is 2.28. The number of nitrogens with zero attached hydrogens (tertiary/aromatic N) is 5. The first-order chi connectivity index (χ1) is 12.3. The number of aromatic nitrogens is 3. The van der Waals surface area contributed by atoms with Crippen LogP contribution in [-0.4, -0.2) is 51.1 Å². The van der Waals surface area contributed by atoms with E-state index < -0.39 is 0 Å². The second-order valence-corrected chi connectivity index (χ2v) is 6.84. The fourth-order valence-electron chi connectivity index (χ4n) is 3.60. The summed E-state index contributed by atoms with van der Waals surface area (Å²) in [6.07, 6.45) is 3.95. The Balaban J connectivity index is 1.38. The molecule has 0 N–H and O–H groups in total. The zero-order chi connectivity index (χ0) is 17.1. The van der Waals surface area contributed by atoms with E-state index >= 15 is 0 Å². The average Bonchev–Trinajstić information content (AvgIpc) is 3.19. The van der Waals surface area contributed by atoms with Gasteiger partial charge in [0, 0.05) is 45.4 Å². The maximum atomic E-state index is 5.57. The van der Waals surface area contributed by atoms with Gasteiger partial charge in [-0.25, -0.2) is 0 Å². The highest BCUT2D eigenvalue weighted by molar-refractivity contribution is 5.85. The summed E-state index contributed by atoms with van der Waals surface area (Å²) < 4.78 is 2.30. The van der Waals surface area contributed by atoms with Crippen LogP contribution in [0.25, 0.3) is 0 Å². The third-order valence-electron chi connectivity index (χ3n) is 5.06. The molecule has 2 aliphatic rings. The molecule has 0 aliphatic carbocycles. The van der Waals surface area contributed by atoms with E-state index in [1.807, 2.05) is 6.07 Å². The Morgan fingerprint density at radius 1 is 1.12 bits per heavy atom. The Morgan fingerprint density at radius 3 is 2.80 bits per heavy atom. The zero-order valence-corrected chi connectivity index (χ0v) is 14.8. The van der Waals surface area contributed by atoms with Crippen molar-refractivity contribution < 1.29 is 4.84 Å². The van der Waals surface area contributed by atoms with Gasteiger partial charge in [0.05, 0.1) is 5.71 Å². The second-order valence-electron chi connectivity index (χ2n) is 6.84. The maximum absolute atomic E-state index is 5.57. The average molecular weight is 339 g/mol. The van der Waals surface area contributed by atoms with Gasteiger partial charge in [0.25, 0.3) is 0 Å². The third-order valence-corrected chi connectivity index (χ3v) is 5.06. The highest BCUT2D eigenvalue weighted by Crippen LogP contribution is 2.17. The van der Waals surface area contributed by atoms with Crippen LogP contribution in [0.15, 0.2) is 35.5 Å². The summed E-state index contributed by atoms with van der Waals surface area (Å²) in [5.74, 6) is 2.17. The van der Waals surface area contributed by atoms with Crippen molar-refractivity contribution in [2.24, 2.45) is 5.16 Å². The quantitative estimate of drug-likeness (QED) is 0.839. The summed E-state index contributed by atoms with van der Waals surface area (Å²) in [6.45, 7) is 6.04. The number of oxime groups is 1. The largest absolute Gasteiger partial charge is 0.391 e. The molecule has 4 rings (SSSR count). The van der Waals surface area contributed by atoms with Gasteiger partial charge in [-0.3, -0.25) is 4.90 Å². The second kappa shape index (κ2) is 7.35. The van der Waals surface area contributed by atoms with Crippen LogP contribution in [0.1, 0.15) is 37.0 Å². The van der Waals surface area contributed by atoms with Gasteiger partial charge in [-0.1, -0.05) is 42.4 Å². The van der Waals surface area contributed by atoms with Gasteiger partial charge < -0.3 is 9.40 Å². The molecule has 1 aromatic heterocycles. The molecule has 132 valence electrons. The van der Waals surface area contributed by atoms with Crippen molar-refractivity contribution in [1.29, 1.82) is 0 Å². The van der Waals surface area contributed by atoms with Crippen LogP contribution >= 0.6 is 0 Å². The highest BCUT2D eigenvalue weighted by atomic mass is 16.6. The zero-order valence-electron chi connectivity index (χ0n) is 14.8. The Labute approximate surface area is 148 Å². The van der Waals surface area contributed by atoms with E-state index in [1.165, 1.54) is 11.3 Å². The fraction of sp³-hybridized carbons (Fsp3) is 0.526. The lowest BCUT2D eigenvalue weighted by molar-refractivity contribution is 0.0530. The van der Waals surface area contributed by atoms with E-state index in [4.69, 9.17) is 4.84 Å². The standard InChI is InChI=1S/C19H25N5O/c1-2-16-13-17(25-22-16)14-23-9-8-18-20-21-19(24(18)11-10-23)12-15-6-4-3-5-7-15/h3-7,17H,2,8-14H2,1H3/t17-/m1/s1. The molecule has 0 saturated heterocycles. The lowest BCUT2D eigenvalue weighted by atomic mass is 10.1. The van der Waals surface area contributed by atoms with Gasteiger partial charge in [0.15, 0.2) is 0 Å². The molecular weight excluding hydrogens is 314 g/mol. The van der Waals surface area contributed by atoms with E-state index in [0.29, 0.717) is 0 Å². The highest BCUT2D eigenvalue weighted by Gasteiger charge is 2.25. The molecule has 0 spiro atoms. The summed E-state index contributed by atoms with van der Waals surface area (Å²) >= 11 is 0. The molecule has 0 amide bonds. The first-order valence-electron chi connectivity index (χ1n) is 9.20. The lowest BCUT2D eigenvalue weighted by Gasteiger charge is -2.22.